The fourth-order valence-corrected chi connectivity index (χ4v) is 2.62. The minimum Gasteiger partial charge on any atom is -0.356 e. The van der Waals surface area contributed by atoms with Crippen LogP contribution in [0, 0.1) is 5.92 Å². The summed E-state index contributed by atoms with van der Waals surface area (Å²) in [6.45, 7) is 7.56. The second-order valence-electron chi connectivity index (χ2n) is 6.89. The van der Waals surface area contributed by atoms with Crippen LogP contribution in [0.1, 0.15) is 39.2 Å². The maximum absolute atomic E-state index is 4.44. The van der Waals surface area contributed by atoms with Crippen LogP contribution in [0.15, 0.2) is 47.7 Å². The first-order valence-electron chi connectivity index (χ1n) is 9.14. The van der Waals surface area contributed by atoms with Gasteiger partial charge in [0.2, 0.25) is 0 Å². The van der Waals surface area contributed by atoms with Crippen molar-refractivity contribution in [2.24, 2.45) is 10.9 Å². The van der Waals surface area contributed by atoms with Crippen LogP contribution < -0.4 is 10.6 Å². The first-order valence-corrected chi connectivity index (χ1v) is 9.14. The van der Waals surface area contributed by atoms with E-state index in [-0.39, 0.29) is 24.0 Å². The Morgan fingerprint density at radius 1 is 1.15 bits per heavy atom. The van der Waals surface area contributed by atoms with Gasteiger partial charge in [0.15, 0.2) is 5.96 Å². The van der Waals surface area contributed by atoms with Crippen molar-refractivity contribution in [1.82, 2.24) is 20.4 Å². The molecule has 0 saturated heterocycles. The molecule has 5 nitrogen and oxygen atoms in total. The standard InChI is InChI=1S/C20H31N5.HI/c1-16(2)10-11-17(3)24-20(21-4)22-13-12-18-14-23-25(15-18)19-8-6-5-7-9-19;/h5-9,14-17H,10-13H2,1-4H3,(H2,21,22,24);1H. The summed E-state index contributed by atoms with van der Waals surface area (Å²) in [5.41, 5.74) is 2.29. The van der Waals surface area contributed by atoms with Crippen LogP contribution in [0.4, 0.5) is 0 Å². The lowest BCUT2D eigenvalue weighted by atomic mass is 10.0. The van der Waals surface area contributed by atoms with Gasteiger partial charge in [-0.25, -0.2) is 4.68 Å². The molecule has 1 unspecified atom stereocenters. The molecule has 0 fully saturated rings. The van der Waals surface area contributed by atoms with Crippen LogP contribution in [0.3, 0.4) is 0 Å². The predicted octanol–water partition coefficient (Wildman–Crippen LogP) is 4.02. The van der Waals surface area contributed by atoms with Gasteiger partial charge >= 0.3 is 0 Å². The number of nitrogens with zero attached hydrogens (tertiary/aromatic N) is 3. The van der Waals surface area contributed by atoms with Crippen LogP contribution in [0.5, 0.6) is 0 Å². The van der Waals surface area contributed by atoms with Gasteiger partial charge in [0.1, 0.15) is 0 Å². The smallest absolute Gasteiger partial charge is 0.191 e. The van der Waals surface area contributed by atoms with Gasteiger partial charge in [-0.2, -0.15) is 5.10 Å². The van der Waals surface area contributed by atoms with Gasteiger partial charge in [0, 0.05) is 25.8 Å². The van der Waals surface area contributed by atoms with E-state index in [0.717, 1.165) is 37.0 Å². The summed E-state index contributed by atoms with van der Waals surface area (Å²) in [7, 11) is 1.82. The van der Waals surface area contributed by atoms with E-state index in [1.54, 1.807) is 0 Å². The van der Waals surface area contributed by atoms with Crippen molar-refractivity contribution in [3.8, 4) is 5.69 Å². The summed E-state index contributed by atoms with van der Waals surface area (Å²) in [5.74, 6) is 1.60. The lowest BCUT2D eigenvalue weighted by Crippen LogP contribution is -2.42. The predicted molar refractivity (Wildman–Crippen MR) is 121 cm³/mol. The molecule has 0 radical (unpaired) electrons. The Morgan fingerprint density at radius 3 is 2.54 bits per heavy atom. The largest absolute Gasteiger partial charge is 0.356 e. The van der Waals surface area contributed by atoms with Gasteiger partial charge in [-0.15, -0.1) is 24.0 Å². The Morgan fingerprint density at radius 2 is 1.88 bits per heavy atom. The first kappa shape index (κ1) is 22.5. The van der Waals surface area contributed by atoms with E-state index in [1.165, 1.54) is 12.0 Å². The normalized spacial score (nSPS) is 12.6. The number of aliphatic imine (C=N–C) groups is 1. The zero-order chi connectivity index (χ0) is 18.1. The summed E-state index contributed by atoms with van der Waals surface area (Å²) in [6, 6.07) is 10.6. The molecule has 0 saturated carbocycles. The summed E-state index contributed by atoms with van der Waals surface area (Å²) in [5, 5.41) is 11.3. The number of benzene rings is 1. The van der Waals surface area contributed by atoms with Crippen LogP contribution in [-0.2, 0) is 6.42 Å². The van der Waals surface area contributed by atoms with Gasteiger partial charge in [-0.3, -0.25) is 4.99 Å². The maximum atomic E-state index is 4.44. The first-order chi connectivity index (χ1) is 12.1. The van der Waals surface area contributed by atoms with E-state index >= 15 is 0 Å². The fraction of sp³-hybridized carbons (Fsp3) is 0.500. The molecule has 0 aliphatic carbocycles. The van der Waals surface area contributed by atoms with Gasteiger partial charge in [0.25, 0.3) is 0 Å². The Bertz CT molecular complexity index is 651. The molecule has 1 aromatic heterocycles. The van der Waals surface area contributed by atoms with E-state index < -0.39 is 0 Å². The second kappa shape index (κ2) is 11.9. The average Bonchev–Trinajstić information content (AvgIpc) is 3.08. The Hall–Kier alpha value is -1.57. The van der Waals surface area contributed by atoms with Crippen molar-refractivity contribution in [1.29, 1.82) is 0 Å². The number of aromatic nitrogens is 2. The summed E-state index contributed by atoms with van der Waals surface area (Å²) >= 11 is 0. The molecule has 26 heavy (non-hydrogen) atoms. The van der Waals surface area contributed by atoms with E-state index in [1.807, 2.05) is 36.1 Å². The lowest BCUT2D eigenvalue weighted by molar-refractivity contribution is 0.489. The second-order valence-corrected chi connectivity index (χ2v) is 6.89. The monoisotopic (exact) mass is 469 g/mol. The zero-order valence-electron chi connectivity index (χ0n) is 16.3. The molecule has 0 amide bonds. The molecule has 2 aromatic rings. The van der Waals surface area contributed by atoms with Crippen LogP contribution >= 0.6 is 24.0 Å². The number of nitrogens with one attached hydrogen (secondary N) is 2. The maximum Gasteiger partial charge on any atom is 0.191 e. The number of para-hydroxylation sites is 1. The number of guanidine groups is 1. The number of hydrogen-bond donors (Lipinski definition) is 2. The highest BCUT2D eigenvalue weighted by molar-refractivity contribution is 14.0. The molecule has 144 valence electrons. The van der Waals surface area contributed by atoms with E-state index in [2.05, 4.69) is 59.8 Å². The van der Waals surface area contributed by atoms with Crippen molar-refractivity contribution < 1.29 is 0 Å². The fourth-order valence-electron chi connectivity index (χ4n) is 2.62. The van der Waals surface area contributed by atoms with Gasteiger partial charge in [-0.1, -0.05) is 32.0 Å². The highest BCUT2D eigenvalue weighted by atomic mass is 127. The quantitative estimate of drug-likeness (QED) is 0.349. The Balaban J connectivity index is 0.00000338. The highest BCUT2D eigenvalue weighted by Gasteiger charge is 2.06. The van der Waals surface area contributed by atoms with E-state index in [0.29, 0.717) is 6.04 Å². The summed E-state index contributed by atoms with van der Waals surface area (Å²) in [4.78, 5) is 4.31. The van der Waals surface area contributed by atoms with Crippen molar-refractivity contribution in [3.63, 3.8) is 0 Å². The third-order valence-electron chi connectivity index (χ3n) is 4.15. The van der Waals surface area contributed by atoms with Gasteiger partial charge in [-0.05, 0) is 49.8 Å². The van der Waals surface area contributed by atoms with Crippen LogP contribution in [-0.4, -0.2) is 35.4 Å². The van der Waals surface area contributed by atoms with Crippen molar-refractivity contribution in [2.45, 2.75) is 46.1 Å². The zero-order valence-corrected chi connectivity index (χ0v) is 18.6. The van der Waals surface area contributed by atoms with Crippen molar-refractivity contribution in [2.75, 3.05) is 13.6 Å². The summed E-state index contributed by atoms with van der Waals surface area (Å²) < 4.78 is 1.91. The molecule has 1 heterocycles. The molecule has 1 aromatic carbocycles. The van der Waals surface area contributed by atoms with Gasteiger partial charge in [0.05, 0.1) is 11.9 Å². The number of halogens is 1. The molecule has 2 rings (SSSR count). The van der Waals surface area contributed by atoms with Crippen LogP contribution in [0.25, 0.3) is 5.69 Å². The highest BCUT2D eigenvalue weighted by Crippen LogP contribution is 2.08. The Kier molecular flexibility index (Phi) is 10.3. The Labute approximate surface area is 174 Å². The van der Waals surface area contributed by atoms with Crippen LogP contribution in [0.2, 0.25) is 0 Å². The van der Waals surface area contributed by atoms with Crippen molar-refractivity contribution in [3.05, 3.63) is 48.3 Å². The molecular formula is C20H32IN5. The lowest BCUT2D eigenvalue weighted by Gasteiger charge is -2.18. The molecule has 0 spiro atoms. The SMILES string of the molecule is CN=C(NCCc1cnn(-c2ccccc2)c1)NC(C)CCC(C)C.I. The molecule has 0 bridgehead atoms. The molecule has 0 aliphatic rings. The number of rotatable bonds is 8. The number of hydrogen-bond acceptors (Lipinski definition) is 2. The third-order valence-corrected chi connectivity index (χ3v) is 4.15. The van der Waals surface area contributed by atoms with E-state index in [9.17, 15) is 0 Å². The molecule has 0 aliphatic heterocycles. The minimum atomic E-state index is 0. The summed E-state index contributed by atoms with van der Waals surface area (Å²) in [6.07, 6.45) is 7.30. The van der Waals surface area contributed by atoms with Crippen molar-refractivity contribution >= 4 is 29.9 Å². The molecular weight excluding hydrogens is 437 g/mol. The molecule has 1 atom stereocenters. The average molecular weight is 469 g/mol. The topological polar surface area (TPSA) is 54.2 Å². The van der Waals surface area contributed by atoms with E-state index in [4.69, 9.17) is 0 Å². The van der Waals surface area contributed by atoms with Gasteiger partial charge < -0.3 is 10.6 Å². The third kappa shape index (κ3) is 7.76. The molecule has 2 N–H and O–H groups in total. The molecule has 6 heteroatoms. The minimum absolute atomic E-state index is 0.